The zero-order chi connectivity index (χ0) is 14.6. The van der Waals surface area contributed by atoms with Gasteiger partial charge >= 0.3 is 0 Å². The molecule has 0 radical (unpaired) electrons. The van der Waals surface area contributed by atoms with Crippen molar-refractivity contribution in [2.24, 2.45) is 0 Å². The summed E-state index contributed by atoms with van der Waals surface area (Å²) in [6.45, 7) is 11.6. The van der Waals surface area contributed by atoms with Crippen LogP contribution >= 0.6 is 0 Å². The van der Waals surface area contributed by atoms with Crippen LogP contribution in [0.15, 0.2) is 24.3 Å². The monoisotopic (exact) mass is 250 g/mol. The standard InChI is InChI=1S/C11H14N2O.2C2H6/c1-8-5-3-4-6-10(8)13-11(14)7-9(2)12;2*1-2/h3-6,12H,7H2,1-2H3,(H,13,14);2*1-2H3. The quantitative estimate of drug-likeness (QED) is 0.767. The van der Waals surface area contributed by atoms with Gasteiger partial charge in [-0.05, 0) is 25.5 Å². The van der Waals surface area contributed by atoms with Crippen LogP contribution in [0.3, 0.4) is 0 Å². The van der Waals surface area contributed by atoms with Gasteiger partial charge in [0.15, 0.2) is 0 Å². The van der Waals surface area contributed by atoms with Crippen LogP contribution in [0.2, 0.25) is 0 Å². The number of amides is 1. The average molecular weight is 250 g/mol. The Kier molecular flexibility index (Phi) is 12.3. The fourth-order valence-electron chi connectivity index (χ4n) is 1.15. The molecular weight excluding hydrogens is 224 g/mol. The molecule has 0 atom stereocenters. The number of carbonyl (C=O) groups excluding carboxylic acids is 1. The number of benzene rings is 1. The first-order valence-corrected chi connectivity index (χ1v) is 6.49. The van der Waals surface area contributed by atoms with E-state index in [-0.39, 0.29) is 12.3 Å². The van der Waals surface area contributed by atoms with Gasteiger partial charge in [0.25, 0.3) is 0 Å². The van der Waals surface area contributed by atoms with Gasteiger partial charge in [-0.1, -0.05) is 45.9 Å². The van der Waals surface area contributed by atoms with Crippen molar-refractivity contribution in [1.29, 1.82) is 5.41 Å². The molecule has 0 aliphatic carbocycles. The Morgan fingerprint density at radius 2 is 1.67 bits per heavy atom. The summed E-state index contributed by atoms with van der Waals surface area (Å²) in [6.07, 6.45) is 0.161. The SMILES string of the molecule is CC.CC.CC(=N)CC(=O)Nc1ccccc1C. The lowest BCUT2D eigenvalue weighted by atomic mass is 10.2. The van der Waals surface area contributed by atoms with E-state index in [1.54, 1.807) is 6.92 Å². The Bertz CT molecular complexity index is 359. The van der Waals surface area contributed by atoms with Crippen LogP contribution in [-0.2, 0) is 4.79 Å². The molecule has 0 saturated carbocycles. The fourth-order valence-corrected chi connectivity index (χ4v) is 1.15. The molecule has 3 nitrogen and oxygen atoms in total. The maximum atomic E-state index is 11.3. The van der Waals surface area contributed by atoms with Crippen molar-refractivity contribution < 1.29 is 4.79 Å². The Morgan fingerprint density at radius 1 is 1.17 bits per heavy atom. The number of carbonyl (C=O) groups is 1. The molecule has 1 rings (SSSR count). The number of para-hydroxylation sites is 1. The third-order valence-corrected chi connectivity index (χ3v) is 1.84. The molecule has 1 amide bonds. The third kappa shape index (κ3) is 8.50. The third-order valence-electron chi connectivity index (χ3n) is 1.84. The minimum atomic E-state index is -0.133. The van der Waals surface area contributed by atoms with Gasteiger partial charge < -0.3 is 10.7 Å². The fraction of sp³-hybridized carbons (Fsp3) is 0.467. The molecule has 0 unspecified atom stereocenters. The van der Waals surface area contributed by atoms with E-state index in [9.17, 15) is 4.79 Å². The van der Waals surface area contributed by atoms with Gasteiger partial charge in [-0.25, -0.2) is 0 Å². The molecule has 0 fully saturated rings. The Balaban J connectivity index is 0. The van der Waals surface area contributed by atoms with E-state index in [0.717, 1.165) is 11.3 Å². The molecule has 0 spiro atoms. The molecule has 1 aromatic carbocycles. The van der Waals surface area contributed by atoms with Crippen molar-refractivity contribution in [2.45, 2.75) is 48.0 Å². The number of nitrogens with one attached hydrogen (secondary N) is 2. The van der Waals surface area contributed by atoms with Crippen molar-refractivity contribution in [3.63, 3.8) is 0 Å². The smallest absolute Gasteiger partial charge is 0.230 e. The van der Waals surface area contributed by atoms with E-state index in [4.69, 9.17) is 5.41 Å². The van der Waals surface area contributed by atoms with Gasteiger partial charge in [0.1, 0.15) is 0 Å². The normalized spacial score (nSPS) is 8.11. The molecule has 0 saturated heterocycles. The highest BCUT2D eigenvalue weighted by molar-refractivity contribution is 6.04. The first-order valence-electron chi connectivity index (χ1n) is 6.49. The molecule has 0 aliphatic rings. The van der Waals surface area contributed by atoms with E-state index < -0.39 is 0 Å². The lowest BCUT2D eigenvalue weighted by Gasteiger charge is -2.06. The number of hydrogen-bond donors (Lipinski definition) is 2. The highest BCUT2D eigenvalue weighted by atomic mass is 16.1. The second-order valence-corrected chi connectivity index (χ2v) is 3.32. The molecule has 18 heavy (non-hydrogen) atoms. The predicted molar refractivity (Wildman–Crippen MR) is 80.5 cm³/mol. The number of aryl methyl sites for hydroxylation is 1. The maximum Gasteiger partial charge on any atom is 0.230 e. The first kappa shape index (κ1) is 18.7. The summed E-state index contributed by atoms with van der Waals surface area (Å²) in [4.78, 5) is 11.3. The van der Waals surface area contributed by atoms with E-state index in [2.05, 4.69) is 5.32 Å². The first-order chi connectivity index (χ1) is 8.59. The minimum Gasteiger partial charge on any atom is -0.326 e. The molecule has 0 aliphatic heterocycles. The van der Waals surface area contributed by atoms with Gasteiger partial charge in [0, 0.05) is 11.4 Å². The Labute approximate surface area is 111 Å². The lowest BCUT2D eigenvalue weighted by Crippen LogP contribution is -2.14. The van der Waals surface area contributed by atoms with Crippen molar-refractivity contribution in [2.75, 3.05) is 5.32 Å². The number of rotatable bonds is 3. The molecule has 0 heterocycles. The second-order valence-electron chi connectivity index (χ2n) is 3.32. The summed E-state index contributed by atoms with van der Waals surface area (Å²) in [5.41, 5.74) is 2.22. The van der Waals surface area contributed by atoms with Crippen LogP contribution in [0.4, 0.5) is 5.69 Å². The molecule has 2 N–H and O–H groups in total. The van der Waals surface area contributed by atoms with Gasteiger partial charge in [0.05, 0.1) is 6.42 Å². The average Bonchev–Trinajstić information content (AvgIpc) is 2.36. The van der Waals surface area contributed by atoms with Gasteiger partial charge in [-0.15, -0.1) is 0 Å². The Morgan fingerprint density at radius 3 is 2.11 bits per heavy atom. The van der Waals surface area contributed by atoms with Crippen LogP contribution in [0, 0.1) is 12.3 Å². The highest BCUT2D eigenvalue weighted by Crippen LogP contribution is 2.13. The predicted octanol–water partition coefficient (Wildman–Crippen LogP) is 4.42. The van der Waals surface area contributed by atoms with Crippen LogP contribution in [0.5, 0.6) is 0 Å². The summed E-state index contributed by atoms with van der Waals surface area (Å²) in [5.74, 6) is -0.133. The summed E-state index contributed by atoms with van der Waals surface area (Å²) in [7, 11) is 0. The van der Waals surface area contributed by atoms with Crippen LogP contribution in [-0.4, -0.2) is 11.6 Å². The lowest BCUT2D eigenvalue weighted by molar-refractivity contribution is -0.115. The summed E-state index contributed by atoms with van der Waals surface area (Å²) < 4.78 is 0. The number of anilines is 1. The topological polar surface area (TPSA) is 53.0 Å². The molecule has 0 aromatic heterocycles. The van der Waals surface area contributed by atoms with E-state index in [1.165, 1.54) is 0 Å². The summed E-state index contributed by atoms with van der Waals surface area (Å²) >= 11 is 0. The molecular formula is C15H26N2O. The minimum absolute atomic E-state index is 0.133. The van der Waals surface area contributed by atoms with Gasteiger partial charge in [-0.2, -0.15) is 0 Å². The van der Waals surface area contributed by atoms with Crippen molar-refractivity contribution in [1.82, 2.24) is 0 Å². The molecule has 1 aromatic rings. The maximum absolute atomic E-state index is 11.3. The van der Waals surface area contributed by atoms with Crippen molar-refractivity contribution >= 4 is 17.3 Å². The molecule has 102 valence electrons. The van der Waals surface area contributed by atoms with Crippen molar-refractivity contribution in [3.8, 4) is 0 Å². The van der Waals surface area contributed by atoms with Crippen LogP contribution in [0.25, 0.3) is 0 Å². The van der Waals surface area contributed by atoms with Crippen LogP contribution < -0.4 is 5.32 Å². The summed E-state index contributed by atoms with van der Waals surface area (Å²) in [5, 5.41) is 9.95. The van der Waals surface area contributed by atoms with Crippen LogP contribution in [0.1, 0.15) is 46.6 Å². The van der Waals surface area contributed by atoms with E-state index in [0.29, 0.717) is 5.71 Å². The summed E-state index contributed by atoms with van der Waals surface area (Å²) in [6, 6.07) is 7.59. The Hall–Kier alpha value is -1.64. The van der Waals surface area contributed by atoms with E-state index in [1.807, 2.05) is 58.9 Å². The largest absolute Gasteiger partial charge is 0.326 e. The molecule has 0 bridgehead atoms. The zero-order valence-corrected chi connectivity index (χ0v) is 12.4. The van der Waals surface area contributed by atoms with Gasteiger partial charge in [0.2, 0.25) is 5.91 Å². The van der Waals surface area contributed by atoms with Crippen molar-refractivity contribution in [3.05, 3.63) is 29.8 Å². The zero-order valence-electron chi connectivity index (χ0n) is 12.4. The second kappa shape index (κ2) is 11.8. The number of hydrogen-bond acceptors (Lipinski definition) is 2. The van der Waals surface area contributed by atoms with Gasteiger partial charge in [-0.3, -0.25) is 4.79 Å². The van der Waals surface area contributed by atoms with E-state index >= 15 is 0 Å². The molecule has 3 heteroatoms. The highest BCUT2D eigenvalue weighted by Gasteiger charge is 2.04.